The SMILES string of the molecule is CCC(CC(=O)O)NC(=O)NC1CCCC1SC. The van der Waals surface area contributed by atoms with Gasteiger partial charge >= 0.3 is 12.0 Å². The predicted octanol–water partition coefficient (Wildman–Crippen LogP) is 1.82. The monoisotopic (exact) mass is 274 g/mol. The fourth-order valence-electron chi connectivity index (χ4n) is 2.28. The summed E-state index contributed by atoms with van der Waals surface area (Å²) in [5.74, 6) is -0.884. The van der Waals surface area contributed by atoms with E-state index in [1.54, 1.807) is 11.8 Å². The van der Waals surface area contributed by atoms with Gasteiger partial charge in [0.2, 0.25) is 0 Å². The Kier molecular flexibility index (Phi) is 6.32. The molecule has 2 amide bonds. The van der Waals surface area contributed by atoms with Crippen molar-refractivity contribution in [3.05, 3.63) is 0 Å². The van der Waals surface area contributed by atoms with E-state index < -0.39 is 5.97 Å². The molecule has 0 heterocycles. The van der Waals surface area contributed by atoms with Crippen molar-refractivity contribution >= 4 is 23.8 Å². The Labute approximate surface area is 112 Å². The van der Waals surface area contributed by atoms with Crippen LogP contribution in [0.4, 0.5) is 4.79 Å². The van der Waals surface area contributed by atoms with Gasteiger partial charge in [-0.25, -0.2) is 4.79 Å². The highest BCUT2D eigenvalue weighted by atomic mass is 32.2. The summed E-state index contributed by atoms with van der Waals surface area (Å²) < 4.78 is 0. The maximum atomic E-state index is 11.8. The molecule has 0 spiro atoms. The quantitative estimate of drug-likeness (QED) is 0.690. The first-order valence-corrected chi connectivity index (χ1v) is 7.67. The molecular weight excluding hydrogens is 252 g/mol. The van der Waals surface area contributed by atoms with Crippen LogP contribution in [-0.2, 0) is 4.79 Å². The van der Waals surface area contributed by atoms with Crippen LogP contribution in [0.25, 0.3) is 0 Å². The first-order valence-electron chi connectivity index (χ1n) is 6.38. The standard InChI is InChI=1S/C12H22N2O3S/c1-3-8(7-11(15)16)13-12(17)14-9-5-4-6-10(9)18-2/h8-10H,3-7H2,1-2H3,(H,15,16)(H2,13,14,17). The van der Waals surface area contributed by atoms with E-state index in [-0.39, 0.29) is 24.5 Å². The molecule has 0 aromatic heterocycles. The maximum absolute atomic E-state index is 11.8. The fourth-order valence-corrected chi connectivity index (χ4v) is 3.21. The molecule has 0 aliphatic heterocycles. The van der Waals surface area contributed by atoms with E-state index in [1.807, 2.05) is 6.92 Å². The lowest BCUT2D eigenvalue weighted by atomic mass is 10.1. The second-order valence-corrected chi connectivity index (χ2v) is 5.71. The van der Waals surface area contributed by atoms with E-state index in [9.17, 15) is 9.59 Å². The summed E-state index contributed by atoms with van der Waals surface area (Å²) in [7, 11) is 0. The first kappa shape index (κ1) is 15.1. The van der Waals surface area contributed by atoms with Crippen LogP contribution in [0.1, 0.15) is 39.0 Å². The molecule has 0 bridgehead atoms. The Morgan fingerprint density at radius 1 is 1.44 bits per heavy atom. The molecule has 0 aromatic rings. The number of thioether (sulfide) groups is 1. The predicted molar refractivity (Wildman–Crippen MR) is 72.9 cm³/mol. The summed E-state index contributed by atoms with van der Waals surface area (Å²) in [4.78, 5) is 22.4. The third-order valence-corrected chi connectivity index (χ3v) is 4.49. The highest BCUT2D eigenvalue weighted by molar-refractivity contribution is 7.99. The molecule has 3 atom stereocenters. The molecule has 1 rings (SSSR count). The van der Waals surface area contributed by atoms with Crippen LogP contribution in [0.2, 0.25) is 0 Å². The zero-order valence-corrected chi connectivity index (χ0v) is 11.8. The van der Waals surface area contributed by atoms with Crippen LogP contribution in [0.5, 0.6) is 0 Å². The Bertz CT molecular complexity index is 299. The zero-order chi connectivity index (χ0) is 13.5. The summed E-state index contributed by atoms with van der Waals surface area (Å²) in [5, 5.41) is 14.9. The molecule has 0 radical (unpaired) electrons. The molecule has 5 nitrogen and oxygen atoms in total. The normalized spacial score (nSPS) is 24.6. The van der Waals surface area contributed by atoms with Gasteiger partial charge in [-0.3, -0.25) is 4.79 Å². The van der Waals surface area contributed by atoms with Gasteiger partial charge in [0.05, 0.1) is 6.42 Å². The van der Waals surface area contributed by atoms with E-state index in [1.165, 1.54) is 0 Å². The third-order valence-electron chi connectivity index (χ3n) is 3.32. The van der Waals surface area contributed by atoms with E-state index in [0.29, 0.717) is 11.7 Å². The lowest BCUT2D eigenvalue weighted by Crippen LogP contribution is -2.48. The molecule has 104 valence electrons. The number of carbonyl (C=O) groups is 2. The van der Waals surface area contributed by atoms with E-state index >= 15 is 0 Å². The number of amides is 2. The third kappa shape index (κ3) is 4.76. The minimum absolute atomic E-state index is 0.0272. The topological polar surface area (TPSA) is 78.4 Å². The van der Waals surface area contributed by atoms with Gasteiger partial charge in [-0.1, -0.05) is 13.3 Å². The summed E-state index contributed by atoms with van der Waals surface area (Å²) >= 11 is 1.78. The van der Waals surface area contributed by atoms with Crippen molar-refractivity contribution in [3.8, 4) is 0 Å². The highest BCUT2D eigenvalue weighted by Gasteiger charge is 2.28. The maximum Gasteiger partial charge on any atom is 0.315 e. The van der Waals surface area contributed by atoms with Crippen molar-refractivity contribution in [2.75, 3.05) is 6.26 Å². The second kappa shape index (κ2) is 7.51. The van der Waals surface area contributed by atoms with Crippen LogP contribution in [0, 0.1) is 0 Å². The smallest absolute Gasteiger partial charge is 0.315 e. The van der Waals surface area contributed by atoms with Crippen molar-refractivity contribution < 1.29 is 14.7 Å². The summed E-state index contributed by atoms with van der Waals surface area (Å²) in [6, 6.07) is -0.326. The fraction of sp³-hybridized carbons (Fsp3) is 0.833. The first-order chi connectivity index (χ1) is 8.56. The summed E-state index contributed by atoms with van der Waals surface area (Å²) in [5.41, 5.74) is 0. The number of nitrogens with one attached hydrogen (secondary N) is 2. The van der Waals surface area contributed by atoms with Gasteiger partial charge < -0.3 is 15.7 Å². The number of carbonyl (C=O) groups excluding carboxylic acids is 1. The molecule has 1 fully saturated rings. The highest BCUT2D eigenvalue weighted by Crippen LogP contribution is 2.28. The number of hydrogen-bond donors (Lipinski definition) is 3. The molecule has 3 N–H and O–H groups in total. The molecule has 0 saturated heterocycles. The molecule has 1 aliphatic carbocycles. The Hall–Kier alpha value is -0.910. The largest absolute Gasteiger partial charge is 0.481 e. The molecule has 3 unspecified atom stereocenters. The molecule has 0 aromatic carbocycles. The van der Waals surface area contributed by atoms with Crippen molar-refractivity contribution in [2.45, 2.75) is 56.4 Å². The summed E-state index contributed by atoms with van der Waals surface area (Å²) in [6.45, 7) is 1.87. The van der Waals surface area contributed by atoms with Crippen molar-refractivity contribution in [1.82, 2.24) is 10.6 Å². The van der Waals surface area contributed by atoms with Gasteiger partial charge in [-0.15, -0.1) is 0 Å². The van der Waals surface area contributed by atoms with E-state index in [0.717, 1.165) is 19.3 Å². The minimum Gasteiger partial charge on any atom is -0.481 e. The van der Waals surface area contributed by atoms with Crippen molar-refractivity contribution in [3.63, 3.8) is 0 Å². The van der Waals surface area contributed by atoms with Gasteiger partial charge in [0.1, 0.15) is 0 Å². The van der Waals surface area contributed by atoms with Crippen LogP contribution in [0.15, 0.2) is 0 Å². The van der Waals surface area contributed by atoms with Crippen LogP contribution in [0.3, 0.4) is 0 Å². The number of urea groups is 1. The zero-order valence-electron chi connectivity index (χ0n) is 10.9. The van der Waals surface area contributed by atoms with Crippen LogP contribution in [-0.4, -0.2) is 40.7 Å². The number of hydrogen-bond acceptors (Lipinski definition) is 3. The van der Waals surface area contributed by atoms with Gasteiger partial charge in [-0.05, 0) is 25.5 Å². The second-order valence-electron chi connectivity index (χ2n) is 4.63. The molecule has 6 heteroatoms. The van der Waals surface area contributed by atoms with Gasteiger partial charge in [0.15, 0.2) is 0 Å². The average molecular weight is 274 g/mol. The average Bonchev–Trinajstić information content (AvgIpc) is 2.74. The van der Waals surface area contributed by atoms with Gasteiger partial charge in [0.25, 0.3) is 0 Å². The Morgan fingerprint density at radius 2 is 2.17 bits per heavy atom. The number of carboxylic acid groups (broad SMARTS) is 1. The summed E-state index contributed by atoms with van der Waals surface area (Å²) in [6.07, 6.45) is 5.94. The molecule has 1 saturated carbocycles. The van der Waals surface area contributed by atoms with E-state index in [2.05, 4.69) is 16.9 Å². The molecular formula is C12H22N2O3S. The lowest BCUT2D eigenvalue weighted by Gasteiger charge is -2.22. The van der Waals surface area contributed by atoms with Crippen molar-refractivity contribution in [2.24, 2.45) is 0 Å². The van der Waals surface area contributed by atoms with Gasteiger partial charge in [-0.2, -0.15) is 11.8 Å². The van der Waals surface area contributed by atoms with Crippen LogP contribution >= 0.6 is 11.8 Å². The van der Waals surface area contributed by atoms with Crippen molar-refractivity contribution in [1.29, 1.82) is 0 Å². The number of aliphatic carboxylic acids is 1. The number of carboxylic acids is 1. The minimum atomic E-state index is -0.884. The number of rotatable bonds is 6. The van der Waals surface area contributed by atoms with Gasteiger partial charge in [0, 0.05) is 17.3 Å². The van der Waals surface area contributed by atoms with E-state index in [4.69, 9.17) is 5.11 Å². The molecule has 18 heavy (non-hydrogen) atoms. The lowest BCUT2D eigenvalue weighted by molar-refractivity contribution is -0.137. The Morgan fingerprint density at radius 3 is 2.72 bits per heavy atom. The Balaban J connectivity index is 2.37. The van der Waals surface area contributed by atoms with Crippen LogP contribution < -0.4 is 10.6 Å². The molecule has 1 aliphatic rings.